The maximum atomic E-state index is 10.9. The van der Waals surface area contributed by atoms with E-state index < -0.39 is 5.97 Å². The highest BCUT2D eigenvalue weighted by atomic mass is 32.1. The molecule has 2 nitrogen and oxygen atoms in total. The van der Waals surface area contributed by atoms with Crippen molar-refractivity contribution in [1.82, 2.24) is 0 Å². The first kappa shape index (κ1) is 11.6. The molecule has 0 unspecified atom stereocenters. The van der Waals surface area contributed by atoms with Crippen LogP contribution in [0.25, 0.3) is 20.2 Å². The number of hydrogen-bond donors (Lipinski definition) is 1. The van der Waals surface area contributed by atoms with E-state index >= 15 is 0 Å². The number of carbonyl (C=O) groups is 1. The number of carboxylic acid groups (broad SMARTS) is 1. The minimum atomic E-state index is -0.861. The van der Waals surface area contributed by atoms with Crippen LogP contribution in [0.1, 0.15) is 9.67 Å². The first-order valence-corrected chi connectivity index (χ1v) is 7.78. The maximum absolute atomic E-state index is 10.9. The Morgan fingerprint density at radius 1 is 1.00 bits per heavy atom. The summed E-state index contributed by atoms with van der Waals surface area (Å²) in [5, 5.41) is 13.1. The molecule has 0 radical (unpaired) electrons. The van der Waals surface area contributed by atoms with Gasteiger partial charge in [-0.2, -0.15) is 0 Å². The van der Waals surface area contributed by atoms with E-state index in [1.54, 1.807) is 28.7 Å². The van der Waals surface area contributed by atoms with Gasteiger partial charge < -0.3 is 5.11 Å². The number of hydrogen-bond acceptors (Lipinski definition) is 4. The second-order valence-electron chi connectivity index (χ2n) is 3.61. The summed E-state index contributed by atoms with van der Waals surface area (Å²) in [7, 11) is 0. The standard InChI is InChI=1S/C13H8O2S3/c14-13(15)11-4-3-10(18-11)12-8(5-7-17-12)9-2-1-6-16-9/h1-7H,(H,14,15). The Morgan fingerprint density at radius 3 is 2.56 bits per heavy atom. The normalized spacial score (nSPS) is 10.7. The van der Waals surface area contributed by atoms with E-state index in [-0.39, 0.29) is 0 Å². The van der Waals surface area contributed by atoms with E-state index in [0.29, 0.717) is 4.88 Å². The largest absolute Gasteiger partial charge is 0.477 e. The fourth-order valence-electron chi connectivity index (χ4n) is 1.70. The highest BCUT2D eigenvalue weighted by molar-refractivity contribution is 7.23. The molecule has 0 fully saturated rings. The molecule has 0 saturated carbocycles. The van der Waals surface area contributed by atoms with Gasteiger partial charge in [-0.05, 0) is 35.0 Å². The Morgan fingerprint density at radius 2 is 1.89 bits per heavy atom. The van der Waals surface area contributed by atoms with Gasteiger partial charge in [-0.25, -0.2) is 4.79 Å². The van der Waals surface area contributed by atoms with Crippen LogP contribution >= 0.6 is 34.0 Å². The lowest BCUT2D eigenvalue weighted by atomic mass is 10.2. The Labute approximate surface area is 116 Å². The molecule has 3 rings (SSSR count). The third-order valence-corrected chi connectivity index (χ3v) is 5.56. The van der Waals surface area contributed by atoms with Gasteiger partial charge in [0, 0.05) is 15.3 Å². The van der Waals surface area contributed by atoms with Crippen molar-refractivity contribution in [3.8, 4) is 20.2 Å². The van der Waals surface area contributed by atoms with Crippen molar-refractivity contribution in [3.05, 3.63) is 46.0 Å². The van der Waals surface area contributed by atoms with E-state index in [4.69, 9.17) is 5.11 Å². The highest BCUT2D eigenvalue weighted by Gasteiger charge is 2.14. The minimum absolute atomic E-state index is 0.385. The van der Waals surface area contributed by atoms with Crippen molar-refractivity contribution in [2.24, 2.45) is 0 Å². The fraction of sp³-hybridized carbons (Fsp3) is 0. The molecular weight excluding hydrogens is 284 g/mol. The van der Waals surface area contributed by atoms with Crippen molar-refractivity contribution in [3.63, 3.8) is 0 Å². The highest BCUT2D eigenvalue weighted by Crippen LogP contribution is 2.41. The molecule has 0 amide bonds. The third-order valence-electron chi connectivity index (χ3n) is 2.49. The summed E-state index contributed by atoms with van der Waals surface area (Å²) < 4.78 is 0. The van der Waals surface area contributed by atoms with Gasteiger partial charge in [0.05, 0.1) is 4.88 Å². The summed E-state index contributed by atoms with van der Waals surface area (Å²) in [6.45, 7) is 0. The van der Waals surface area contributed by atoms with E-state index in [1.165, 1.54) is 21.8 Å². The van der Waals surface area contributed by atoms with Gasteiger partial charge in [0.2, 0.25) is 0 Å². The van der Waals surface area contributed by atoms with Crippen LogP contribution in [0.15, 0.2) is 41.1 Å². The lowest BCUT2D eigenvalue weighted by Gasteiger charge is -1.98. The van der Waals surface area contributed by atoms with E-state index in [9.17, 15) is 4.79 Å². The first-order chi connectivity index (χ1) is 8.75. The quantitative estimate of drug-likeness (QED) is 0.745. The SMILES string of the molecule is O=C(O)c1ccc(-c2sccc2-c2cccs2)s1. The maximum Gasteiger partial charge on any atom is 0.345 e. The summed E-state index contributed by atoms with van der Waals surface area (Å²) >= 11 is 4.67. The second-order valence-corrected chi connectivity index (χ2v) is 6.56. The predicted molar refractivity (Wildman–Crippen MR) is 77.9 cm³/mol. The van der Waals surface area contributed by atoms with Crippen molar-refractivity contribution in [2.45, 2.75) is 0 Å². The van der Waals surface area contributed by atoms with E-state index in [2.05, 4.69) is 12.1 Å². The lowest BCUT2D eigenvalue weighted by molar-refractivity contribution is 0.0702. The molecule has 0 saturated heterocycles. The molecule has 90 valence electrons. The Kier molecular flexibility index (Phi) is 3.03. The van der Waals surface area contributed by atoms with Gasteiger partial charge in [-0.3, -0.25) is 0 Å². The Bertz CT molecular complexity index is 677. The predicted octanol–water partition coefficient (Wildman–Crippen LogP) is 4.90. The third kappa shape index (κ3) is 2.01. The zero-order chi connectivity index (χ0) is 12.5. The van der Waals surface area contributed by atoms with E-state index in [0.717, 1.165) is 9.75 Å². The van der Waals surface area contributed by atoms with Gasteiger partial charge in [-0.1, -0.05) is 6.07 Å². The molecule has 3 aromatic heterocycles. The lowest BCUT2D eigenvalue weighted by Crippen LogP contribution is -1.89. The van der Waals surface area contributed by atoms with Gasteiger partial charge >= 0.3 is 5.97 Å². The van der Waals surface area contributed by atoms with Gasteiger partial charge in [0.1, 0.15) is 4.88 Å². The molecule has 0 bridgehead atoms. The summed E-state index contributed by atoms with van der Waals surface area (Å²) in [5.41, 5.74) is 1.19. The molecule has 0 aromatic carbocycles. The summed E-state index contributed by atoms with van der Waals surface area (Å²) in [6.07, 6.45) is 0. The van der Waals surface area contributed by atoms with Crippen molar-refractivity contribution >= 4 is 40.0 Å². The molecule has 0 spiro atoms. The number of aromatic carboxylic acids is 1. The molecule has 1 N–H and O–H groups in total. The summed E-state index contributed by atoms with van der Waals surface area (Å²) in [4.78, 5) is 14.7. The van der Waals surface area contributed by atoms with E-state index in [1.807, 2.05) is 22.9 Å². The van der Waals surface area contributed by atoms with Crippen LogP contribution in [0.4, 0.5) is 0 Å². The fourth-order valence-corrected chi connectivity index (χ4v) is 4.42. The van der Waals surface area contributed by atoms with Gasteiger partial charge in [0.25, 0.3) is 0 Å². The summed E-state index contributed by atoms with van der Waals surface area (Å²) in [6, 6.07) is 9.75. The average Bonchev–Trinajstić information content (AvgIpc) is 3.10. The molecule has 0 aliphatic heterocycles. The number of carboxylic acids is 1. The van der Waals surface area contributed by atoms with Crippen LogP contribution in [0, 0.1) is 0 Å². The first-order valence-electron chi connectivity index (χ1n) is 5.20. The monoisotopic (exact) mass is 292 g/mol. The van der Waals surface area contributed by atoms with Crippen molar-refractivity contribution in [1.29, 1.82) is 0 Å². The van der Waals surface area contributed by atoms with Crippen molar-refractivity contribution < 1.29 is 9.90 Å². The molecule has 3 heterocycles. The Hall–Kier alpha value is -1.43. The number of thiophene rings is 3. The second kappa shape index (κ2) is 4.68. The van der Waals surface area contributed by atoms with Crippen LogP contribution in [0.2, 0.25) is 0 Å². The zero-order valence-corrected chi connectivity index (χ0v) is 11.6. The molecule has 5 heteroatoms. The van der Waals surface area contributed by atoms with Crippen LogP contribution in [-0.4, -0.2) is 11.1 Å². The zero-order valence-electron chi connectivity index (χ0n) is 9.12. The molecular formula is C13H8O2S3. The minimum Gasteiger partial charge on any atom is -0.477 e. The van der Waals surface area contributed by atoms with Gasteiger partial charge in [-0.15, -0.1) is 34.0 Å². The number of rotatable bonds is 3. The smallest absolute Gasteiger partial charge is 0.345 e. The summed E-state index contributed by atoms with van der Waals surface area (Å²) in [5.74, 6) is -0.861. The van der Waals surface area contributed by atoms with Crippen LogP contribution in [-0.2, 0) is 0 Å². The average molecular weight is 292 g/mol. The van der Waals surface area contributed by atoms with Crippen LogP contribution < -0.4 is 0 Å². The molecule has 0 atom stereocenters. The molecule has 0 aliphatic rings. The van der Waals surface area contributed by atoms with Gasteiger partial charge in [0.15, 0.2) is 0 Å². The molecule has 3 aromatic rings. The molecule has 18 heavy (non-hydrogen) atoms. The van der Waals surface area contributed by atoms with Crippen LogP contribution in [0.3, 0.4) is 0 Å². The topological polar surface area (TPSA) is 37.3 Å². The molecule has 0 aliphatic carbocycles. The van der Waals surface area contributed by atoms with Crippen molar-refractivity contribution in [2.75, 3.05) is 0 Å². The Balaban J connectivity index is 2.07. The van der Waals surface area contributed by atoms with Crippen LogP contribution in [0.5, 0.6) is 0 Å².